The van der Waals surface area contributed by atoms with Crippen LogP contribution in [0.5, 0.6) is 0 Å². The van der Waals surface area contributed by atoms with Crippen LogP contribution in [0.4, 0.5) is 14.9 Å². The van der Waals surface area contributed by atoms with E-state index in [1.54, 1.807) is 13.0 Å². The molecule has 2 aromatic rings. The van der Waals surface area contributed by atoms with E-state index >= 15 is 0 Å². The molecule has 0 unspecified atom stereocenters. The molecule has 2 aromatic carbocycles. The number of benzene rings is 2. The molecule has 0 atom stereocenters. The number of aryl methyl sites for hydroxylation is 1. The third kappa shape index (κ3) is 5.50. The third-order valence-corrected chi connectivity index (χ3v) is 5.93. The number of carbonyl (C=O) groups is 1. The highest BCUT2D eigenvalue weighted by atomic mass is 19.1. The molecule has 3 N–H and O–H groups in total. The first-order valence-electron chi connectivity index (χ1n) is 10.5. The molecule has 1 saturated heterocycles. The lowest BCUT2D eigenvalue weighted by molar-refractivity contribution is 0.00578. The van der Waals surface area contributed by atoms with Gasteiger partial charge in [-0.3, -0.25) is 0 Å². The highest BCUT2D eigenvalue weighted by Gasteiger charge is 2.52. The maximum Gasteiger partial charge on any atom is 0.492 e. The molecule has 0 bridgehead atoms. The Hall–Kier alpha value is -2.84. The van der Waals surface area contributed by atoms with Crippen molar-refractivity contribution in [1.29, 1.82) is 0 Å². The number of anilines is 1. The van der Waals surface area contributed by atoms with E-state index in [4.69, 9.17) is 19.8 Å². The van der Waals surface area contributed by atoms with Crippen molar-refractivity contribution in [1.82, 2.24) is 5.32 Å². The van der Waals surface area contributed by atoms with Gasteiger partial charge in [0.15, 0.2) is 0 Å². The van der Waals surface area contributed by atoms with E-state index in [1.807, 2.05) is 58.0 Å². The average Bonchev–Trinajstić information content (AvgIpc) is 2.94. The van der Waals surface area contributed by atoms with E-state index in [9.17, 15) is 9.18 Å². The second-order valence-electron chi connectivity index (χ2n) is 8.95. The summed E-state index contributed by atoms with van der Waals surface area (Å²) < 4.78 is 31.6. The zero-order valence-corrected chi connectivity index (χ0v) is 19.2. The van der Waals surface area contributed by atoms with E-state index in [0.29, 0.717) is 22.3 Å². The molecule has 0 spiro atoms. The number of amides is 1. The molecule has 1 aliphatic rings. The molecular formula is C24H30BFN2O4. The van der Waals surface area contributed by atoms with Crippen molar-refractivity contribution in [2.24, 2.45) is 0 Å². The number of alkyl carbamates (subject to hydrolysis) is 1. The molecule has 0 saturated carbocycles. The summed E-state index contributed by atoms with van der Waals surface area (Å²) in [6, 6.07) is 12.1. The number of rotatable bonds is 6. The molecule has 1 fully saturated rings. The maximum absolute atomic E-state index is 14.0. The van der Waals surface area contributed by atoms with Crippen LogP contribution in [0.2, 0.25) is 0 Å². The van der Waals surface area contributed by atoms with Crippen LogP contribution in [0.3, 0.4) is 0 Å². The highest BCUT2D eigenvalue weighted by Crippen LogP contribution is 2.39. The van der Waals surface area contributed by atoms with Gasteiger partial charge in [0.2, 0.25) is 0 Å². The van der Waals surface area contributed by atoms with E-state index in [2.05, 4.69) is 5.32 Å². The molecule has 32 heavy (non-hydrogen) atoms. The third-order valence-electron chi connectivity index (χ3n) is 5.93. The Bertz CT molecular complexity index is 993. The smallest absolute Gasteiger partial charge is 0.445 e. The number of nitrogens with two attached hydrogens (primary N) is 1. The van der Waals surface area contributed by atoms with E-state index in [1.165, 1.54) is 12.1 Å². The van der Waals surface area contributed by atoms with Crippen molar-refractivity contribution in [2.45, 2.75) is 52.4 Å². The maximum atomic E-state index is 14.0. The first-order valence-corrected chi connectivity index (χ1v) is 10.5. The topological polar surface area (TPSA) is 82.8 Å². The SMILES string of the molecule is Cc1cc(F)cc(C=C(CNC(=O)OCc2ccccc2)B2OC(C)(C)C(C)(C)O2)c1N. The molecule has 1 aliphatic heterocycles. The van der Waals surface area contributed by atoms with Crippen molar-refractivity contribution in [3.63, 3.8) is 0 Å². The standard InChI is InChI=1S/C24H30BFN2O4/c1-16-11-20(26)13-18(21(16)27)12-19(25-31-23(2,3)24(4,5)32-25)14-28-22(29)30-15-17-9-7-6-8-10-17/h6-13H,14-15,27H2,1-5H3,(H,28,29). The molecule has 0 aromatic heterocycles. The summed E-state index contributed by atoms with van der Waals surface area (Å²) in [5.41, 5.74) is 8.06. The molecule has 0 radical (unpaired) electrons. The second kappa shape index (κ2) is 9.34. The van der Waals surface area contributed by atoms with Gasteiger partial charge in [-0.1, -0.05) is 36.4 Å². The van der Waals surface area contributed by atoms with E-state index < -0.39 is 30.2 Å². The zero-order valence-electron chi connectivity index (χ0n) is 19.2. The monoisotopic (exact) mass is 440 g/mol. The summed E-state index contributed by atoms with van der Waals surface area (Å²) >= 11 is 0. The average molecular weight is 440 g/mol. The Kier molecular flexibility index (Phi) is 6.95. The lowest BCUT2D eigenvalue weighted by atomic mass is 9.76. The highest BCUT2D eigenvalue weighted by molar-refractivity contribution is 6.56. The van der Waals surface area contributed by atoms with Crippen molar-refractivity contribution in [3.05, 3.63) is 70.4 Å². The fraction of sp³-hybridized carbons (Fsp3) is 0.375. The molecule has 1 amide bonds. The summed E-state index contributed by atoms with van der Waals surface area (Å²) in [5.74, 6) is -0.397. The van der Waals surface area contributed by atoms with Crippen molar-refractivity contribution < 1.29 is 23.2 Å². The van der Waals surface area contributed by atoms with Gasteiger partial charge >= 0.3 is 13.2 Å². The van der Waals surface area contributed by atoms with Crippen molar-refractivity contribution in [2.75, 3.05) is 12.3 Å². The molecular weight excluding hydrogens is 410 g/mol. The predicted molar refractivity (Wildman–Crippen MR) is 124 cm³/mol. The van der Waals surface area contributed by atoms with Crippen LogP contribution in [0.1, 0.15) is 44.4 Å². The Morgan fingerprint density at radius 3 is 2.41 bits per heavy atom. The summed E-state index contributed by atoms with van der Waals surface area (Å²) in [5, 5.41) is 2.73. The van der Waals surface area contributed by atoms with Gasteiger partial charge in [0.25, 0.3) is 0 Å². The van der Waals surface area contributed by atoms with Crippen LogP contribution in [-0.4, -0.2) is 31.0 Å². The minimum atomic E-state index is -0.739. The summed E-state index contributed by atoms with van der Waals surface area (Å²) in [6.07, 6.45) is 1.12. The largest absolute Gasteiger partial charge is 0.492 e. The van der Waals surface area contributed by atoms with Crippen molar-refractivity contribution >= 4 is 25.0 Å². The molecule has 3 rings (SSSR count). The van der Waals surface area contributed by atoms with Crippen LogP contribution < -0.4 is 11.1 Å². The Morgan fingerprint density at radius 1 is 1.16 bits per heavy atom. The predicted octanol–water partition coefficient (Wildman–Crippen LogP) is 4.66. The van der Waals surface area contributed by atoms with Crippen LogP contribution in [0.15, 0.2) is 47.9 Å². The van der Waals surface area contributed by atoms with Gasteiger partial charge in [-0.05, 0) is 68.9 Å². The number of hydrogen-bond donors (Lipinski definition) is 2. The number of nitrogens with one attached hydrogen (secondary N) is 1. The number of halogens is 1. The van der Waals surface area contributed by atoms with Gasteiger partial charge in [0, 0.05) is 12.2 Å². The first kappa shape index (κ1) is 23.8. The summed E-state index contributed by atoms with van der Waals surface area (Å²) in [4.78, 5) is 12.3. The molecule has 8 heteroatoms. The van der Waals surface area contributed by atoms with Crippen LogP contribution in [0.25, 0.3) is 6.08 Å². The van der Waals surface area contributed by atoms with Gasteiger partial charge in [-0.2, -0.15) is 0 Å². The molecule has 6 nitrogen and oxygen atoms in total. The minimum absolute atomic E-state index is 0.0828. The summed E-state index contributed by atoms with van der Waals surface area (Å²) in [7, 11) is -0.739. The van der Waals surface area contributed by atoms with Crippen LogP contribution in [0, 0.1) is 12.7 Å². The van der Waals surface area contributed by atoms with E-state index in [-0.39, 0.29) is 13.2 Å². The Balaban J connectivity index is 1.79. The number of carbonyl (C=O) groups excluding carboxylic acids is 1. The number of nitrogen functional groups attached to an aromatic ring is 1. The van der Waals surface area contributed by atoms with Crippen LogP contribution in [-0.2, 0) is 20.7 Å². The molecule has 1 heterocycles. The summed E-state index contributed by atoms with van der Waals surface area (Å²) in [6.45, 7) is 9.72. The van der Waals surface area contributed by atoms with Crippen LogP contribution >= 0.6 is 0 Å². The van der Waals surface area contributed by atoms with Gasteiger partial charge in [0.05, 0.1) is 11.2 Å². The Morgan fingerprint density at radius 2 is 1.78 bits per heavy atom. The fourth-order valence-electron chi connectivity index (χ4n) is 3.24. The Labute approximate surface area is 189 Å². The zero-order chi connectivity index (χ0) is 23.5. The van der Waals surface area contributed by atoms with Gasteiger partial charge in [0.1, 0.15) is 12.4 Å². The van der Waals surface area contributed by atoms with Gasteiger partial charge in [-0.25, -0.2) is 9.18 Å². The first-order chi connectivity index (χ1) is 15.0. The minimum Gasteiger partial charge on any atom is -0.445 e. The van der Waals surface area contributed by atoms with E-state index in [0.717, 1.165) is 5.56 Å². The number of ether oxygens (including phenoxy) is 1. The normalized spacial score (nSPS) is 17.3. The quantitative estimate of drug-likeness (QED) is 0.505. The van der Waals surface area contributed by atoms with Gasteiger partial charge < -0.3 is 25.1 Å². The molecule has 170 valence electrons. The molecule has 0 aliphatic carbocycles. The van der Waals surface area contributed by atoms with Crippen molar-refractivity contribution in [3.8, 4) is 0 Å². The van der Waals surface area contributed by atoms with Gasteiger partial charge in [-0.15, -0.1) is 0 Å². The fourth-order valence-corrected chi connectivity index (χ4v) is 3.24. The lowest BCUT2D eigenvalue weighted by Crippen LogP contribution is -2.41. The number of hydrogen-bond acceptors (Lipinski definition) is 5. The lowest BCUT2D eigenvalue weighted by Gasteiger charge is -2.32. The second-order valence-corrected chi connectivity index (χ2v) is 8.95.